The number of nitrogens with zero attached hydrogens (tertiary/aromatic N) is 2. The average molecular weight is 384 g/mol. The van der Waals surface area contributed by atoms with Crippen molar-refractivity contribution >= 4 is 17.7 Å². The van der Waals surface area contributed by atoms with Crippen molar-refractivity contribution in [2.45, 2.75) is 51.9 Å². The lowest BCUT2D eigenvalue weighted by Crippen LogP contribution is -2.52. The van der Waals surface area contributed by atoms with Crippen LogP contribution in [0.3, 0.4) is 0 Å². The smallest absolute Gasteiger partial charge is 0.255 e. The Labute approximate surface area is 165 Å². The molecule has 4 rings (SSSR count). The Bertz CT molecular complexity index is 807. The minimum atomic E-state index is -0.556. The summed E-state index contributed by atoms with van der Waals surface area (Å²) in [5.41, 5.74) is 2.85. The summed E-state index contributed by atoms with van der Waals surface area (Å²) in [6.07, 6.45) is 0.676. The first-order valence-corrected chi connectivity index (χ1v) is 10.2. The number of hydrogen-bond acceptors (Lipinski definition) is 5. The molecule has 0 radical (unpaired) electrons. The van der Waals surface area contributed by atoms with Crippen LogP contribution in [0.5, 0.6) is 0 Å². The third-order valence-corrected chi connectivity index (χ3v) is 6.14. The number of nitrogens with one attached hydrogen (secondary N) is 2. The molecule has 0 aromatic heterocycles. The lowest BCUT2D eigenvalue weighted by molar-refractivity contribution is -0.136. The molecule has 1 aromatic carbocycles. The number of carbonyl (C=O) groups excluding carboxylic acids is 3. The van der Waals surface area contributed by atoms with E-state index in [1.54, 1.807) is 4.90 Å². The second kappa shape index (κ2) is 7.64. The zero-order valence-electron chi connectivity index (χ0n) is 16.5. The standard InChI is InChI=1S/C21H28N4O3/c1-13(2)18-10-22-7-8-24(18)11-14-3-4-16-15(9-14)12-25(21(16)28)17-5-6-19(26)23-20(17)27/h3-4,9,13,17-18,22H,5-8,10-12H2,1-2H3,(H,23,26,27). The molecule has 3 amide bonds. The molecule has 2 fully saturated rings. The fourth-order valence-corrected chi connectivity index (χ4v) is 4.58. The molecule has 7 heteroatoms. The van der Waals surface area contributed by atoms with Crippen molar-refractivity contribution in [3.8, 4) is 0 Å². The van der Waals surface area contributed by atoms with Crippen LogP contribution in [0.1, 0.15) is 48.2 Å². The summed E-state index contributed by atoms with van der Waals surface area (Å²) in [7, 11) is 0. The summed E-state index contributed by atoms with van der Waals surface area (Å²) in [6, 6.07) is 5.98. The third kappa shape index (κ3) is 3.56. The van der Waals surface area contributed by atoms with Crippen molar-refractivity contribution in [3.05, 3.63) is 34.9 Å². The number of benzene rings is 1. The van der Waals surface area contributed by atoms with Crippen LogP contribution in [0.25, 0.3) is 0 Å². The Morgan fingerprint density at radius 3 is 2.79 bits per heavy atom. The molecule has 2 atom stereocenters. The van der Waals surface area contributed by atoms with Crippen LogP contribution in [0.2, 0.25) is 0 Å². The Hall–Kier alpha value is -2.25. The number of amides is 3. The monoisotopic (exact) mass is 384 g/mol. The van der Waals surface area contributed by atoms with Gasteiger partial charge in [-0.1, -0.05) is 26.0 Å². The topological polar surface area (TPSA) is 81.8 Å². The molecule has 2 N–H and O–H groups in total. The summed E-state index contributed by atoms with van der Waals surface area (Å²) in [6.45, 7) is 8.82. The maximum atomic E-state index is 12.8. The van der Waals surface area contributed by atoms with E-state index in [0.29, 0.717) is 30.5 Å². The first kappa shape index (κ1) is 19.1. The van der Waals surface area contributed by atoms with Gasteiger partial charge in [0.2, 0.25) is 11.8 Å². The van der Waals surface area contributed by atoms with E-state index in [2.05, 4.69) is 35.4 Å². The number of piperazine rings is 1. The first-order valence-electron chi connectivity index (χ1n) is 10.2. The second-order valence-corrected chi connectivity index (χ2v) is 8.38. The van der Waals surface area contributed by atoms with Crippen LogP contribution in [-0.2, 0) is 22.7 Å². The van der Waals surface area contributed by atoms with E-state index in [1.807, 2.05) is 12.1 Å². The lowest BCUT2D eigenvalue weighted by Gasteiger charge is -2.38. The molecule has 0 saturated carbocycles. The van der Waals surface area contributed by atoms with E-state index in [9.17, 15) is 14.4 Å². The van der Waals surface area contributed by atoms with Crippen LogP contribution < -0.4 is 10.6 Å². The van der Waals surface area contributed by atoms with Crippen LogP contribution >= 0.6 is 0 Å². The summed E-state index contributed by atoms with van der Waals surface area (Å²) in [5, 5.41) is 5.82. The quantitative estimate of drug-likeness (QED) is 0.753. The Balaban J connectivity index is 1.49. The van der Waals surface area contributed by atoms with Crippen LogP contribution in [0.15, 0.2) is 18.2 Å². The highest BCUT2D eigenvalue weighted by molar-refractivity contribution is 6.05. The SMILES string of the molecule is CC(C)C1CNCCN1Cc1ccc2c(c1)CN(C1CCC(=O)NC1=O)C2=O. The molecule has 0 aliphatic carbocycles. The number of piperidine rings is 1. The van der Waals surface area contributed by atoms with Gasteiger partial charge >= 0.3 is 0 Å². The van der Waals surface area contributed by atoms with Crippen molar-refractivity contribution in [1.29, 1.82) is 0 Å². The zero-order chi connectivity index (χ0) is 19.8. The van der Waals surface area contributed by atoms with Crippen molar-refractivity contribution < 1.29 is 14.4 Å². The van der Waals surface area contributed by atoms with Gasteiger partial charge in [-0.3, -0.25) is 24.6 Å². The fourth-order valence-electron chi connectivity index (χ4n) is 4.58. The van der Waals surface area contributed by atoms with E-state index in [0.717, 1.165) is 31.7 Å². The largest absolute Gasteiger partial charge is 0.322 e. The van der Waals surface area contributed by atoms with E-state index >= 15 is 0 Å². The van der Waals surface area contributed by atoms with E-state index in [1.165, 1.54) is 5.56 Å². The lowest BCUT2D eigenvalue weighted by atomic mass is 9.99. The Morgan fingerprint density at radius 1 is 1.21 bits per heavy atom. The van der Waals surface area contributed by atoms with Gasteiger partial charge in [-0.05, 0) is 29.5 Å². The molecule has 2 unspecified atom stereocenters. The van der Waals surface area contributed by atoms with E-state index in [4.69, 9.17) is 0 Å². The highest BCUT2D eigenvalue weighted by atomic mass is 16.2. The number of rotatable bonds is 4. The van der Waals surface area contributed by atoms with Gasteiger partial charge in [0, 0.05) is 50.7 Å². The maximum absolute atomic E-state index is 12.8. The summed E-state index contributed by atoms with van der Waals surface area (Å²) >= 11 is 0. The van der Waals surface area contributed by atoms with Gasteiger partial charge in [0.25, 0.3) is 5.91 Å². The first-order chi connectivity index (χ1) is 13.4. The summed E-state index contributed by atoms with van der Waals surface area (Å²) < 4.78 is 0. The Morgan fingerprint density at radius 2 is 2.04 bits per heavy atom. The van der Waals surface area contributed by atoms with Crippen LogP contribution in [0.4, 0.5) is 0 Å². The van der Waals surface area contributed by atoms with Gasteiger partial charge in [-0.25, -0.2) is 0 Å². The zero-order valence-corrected chi connectivity index (χ0v) is 16.5. The van der Waals surface area contributed by atoms with Crippen molar-refractivity contribution in [3.63, 3.8) is 0 Å². The Kier molecular flexibility index (Phi) is 5.21. The van der Waals surface area contributed by atoms with Crippen molar-refractivity contribution in [2.75, 3.05) is 19.6 Å². The minimum Gasteiger partial charge on any atom is -0.322 e. The predicted octanol–water partition coefficient (Wildman–Crippen LogP) is 0.877. The third-order valence-electron chi connectivity index (χ3n) is 6.14. The molecule has 150 valence electrons. The van der Waals surface area contributed by atoms with Crippen molar-refractivity contribution in [1.82, 2.24) is 20.4 Å². The van der Waals surface area contributed by atoms with Crippen LogP contribution in [0, 0.1) is 5.92 Å². The van der Waals surface area contributed by atoms with E-state index in [-0.39, 0.29) is 24.1 Å². The molecule has 0 bridgehead atoms. The molecule has 7 nitrogen and oxygen atoms in total. The average Bonchev–Trinajstić information content (AvgIpc) is 2.98. The van der Waals surface area contributed by atoms with Gasteiger partial charge in [-0.2, -0.15) is 0 Å². The second-order valence-electron chi connectivity index (χ2n) is 8.38. The molecule has 3 aliphatic rings. The number of fused-ring (bicyclic) bond motifs is 1. The van der Waals surface area contributed by atoms with Gasteiger partial charge < -0.3 is 10.2 Å². The number of hydrogen-bond donors (Lipinski definition) is 2. The molecular formula is C21H28N4O3. The van der Waals surface area contributed by atoms with Gasteiger partial charge in [0.15, 0.2) is 0 Å². The van der Waals surface area contributed by atoms with E-state index < -0.39 is 6.04 Å². The van der Waals surface area contributed by atoms with Gasteiger partial charge in [0.1, 0.15) is 6.04 Å². The molecule has 0 spiro atoms. The van der Waals surface area contributed by atoms with Crippen molar-refractivity contribution in [2.24, 2.45) is 5.92 Å². The summed E-state index contributed by atoms with van der Waals surface area (Å²) in [5.74, 6) is -0.160. The van der Waals surface area contributed by atoms with Crippen LogP contribution in [-0.4, -0.2) is 59.2 Å². The molecular weight excluding hydrogens is 356 g/mol. The number of imide groups is 1. The molecule has 2 saturated heterocycles. The highest BCUT2D eigenvalue weighted by Crippen LogP contribution is 2.29. The minimum absolute atomic E-state index is 0.113. The molecule has 28 heavy (non-hydrogen) atoms. The normalized spacial score (nSPS) is 26.0. The fraction of sp³-hybridized carbons (Fsp3) is 0.571. The molecule has 3 heterocycles. The predicted molar refractivity (Wildman–Crippen MR) is 104 cm³/mol. The molecule has 3 aliphatic heterocycles. The van der Waals surface area contributed by atoms with Gasteiger partial charge in [-0.15, -0.1) is 0 Å². The highest BCUT2D eigenvalue weighted by Gasteiger charge is 2.39. The molecule has 1 aromatic rings. The maximum Gasteiger partial charge on any atom is 0.255 e. The number of carbonyl (C=O) groups is 3. The summed E-state index contributed by atoms with van der Waals surface area (Å²) in [4.78, 5) is 40.5. The van der Waals surface area contributed by atoms with Gasteiger partial charge in [0.05, 0.1) is 0 Å².